The highest BCUT2D eigenvalue weighted by Crippen LogP contribution is 2.09. The molecule has 1 aromatic heterocycles. The van der Waals surface area contributed by atoms with E-state index in [2.05, 4.69) is 4.98 Å². The Morgan fingerprint density at radius 1 is 1.71 bits per heavy atom. The molecule has 0 saturated carbocycles. The molecule has 0 unspecified atom stereocenters. The second kappa shape index (κ2) is 4.64. The van der Waals surface area contributed by atoms with E-state index in [-0.39, 0.29) is 6.42 Å². The highest BCUT2D eigenvalue weighted by molar-refractivity contribution is 5.67. The van der Waals surface area contributed by atoms with E-state index in [1.165, 1.54) is 0 Å². The van der Waals surface area contributed by atoms with Gasteiger partial charge in [0, 0.05) is 32.5 Å². The standard InChI is InChI=1S/C9H15N3O2/c1-3-12(6-4-8(13)14)9-10-5-7-11(9)2/h5,7H,3-4,6H2,1-2H3,(H,13,14). The van der Waals surface area contributed by atoms with E-state index in [4.69, 9.17) is 5.11 Å². The first-order valence-electron chi connectivity index (χ1n) is 4.59. The summed E-state index contributed by atoms with van der Waals surface area (Å²) in [5, 5.41) is 8.57. The molecule has 0 aliphatic heterocycles. The highest BCUT2D eigenvalue weighted by Gasteiger charge is 2.09. The fraction of sp³-hybridized carbons (Fsp3) is 0.556. The van der Waals surface area contributed by atoms with Crippen molar-refractivity contribution in [1.29, 1.82) is 0 Å². The number of aromatic nitrogens is 2. The summed E-state index contributed by atoms with van der Waals surface area (Å²) in [7, 11) is 1.89. The number of rotatable bonds is 5. The van der Waals surface area contributed by atoms with E-state index in [0.717, 1.165) is 12.5 Å². The molecule has 0 aromatic carbocycles. The number of imidazole rings is 1. The lowest BCUT2D eigenvalue weighted by Gasteiger charge is -2.20. The Hall–Kier alpha value is -1.52. The molecular weight excluding hydrogens is 182 g/mol. The van der Waals surface area contributed by atoms with Crippen LogP contribution in [-0.4, -0.2) is 33.7 Å². The molecule has 0 atom stereocenters. The van der Waals surface area contributed by atoms with E-state index in [9.17, 15) is 4.79 Å². The van der Waals surface area contributed by atoms with Gasteiger partial charge in [0.25, 0.3) is 0 Å². The van der Waals surface area contributed by atoms with Crippen molar-refractivity contribution in [3.8, 4) is 0 Å². The van der Waals surface area contributed by atoms with Crippen molar-refractivity contribution in [2.75, 3.05) is 18.0 Å². The molecule has 0 saturated heterocycles. The van der Waals surface area contributed by atoms with Crippen LogP contribution in [0.5, 0.6) is 0 Å². The largest absolute Gasteiger partial charge is 0.481 e. The minimum absolute atomic E-state index is 0.140. The van der Waals surface area contributed by atoms with Crippen LogP contribution in [-0.2, 0) is 11.8 Å². The van der Waals surface area contributed by atoms with Gasteiger partial charge in [0.1, 0.15) is 0 Å². The molecule has 0 fully saturated rings. The molecule has 0 aliphatic carbocycles. The number of aliphatic carboxylic acids is 1. The van der Waals surface area contributed by atoms with Crippen LogP contribution in [0.3, 0.4) is 0 Å². The Kier molecular flexibility index (Phi) is 3.50. The van der Waals surface area contributed by atoms with Crippen LogP contribution < -0.4 is 4.90 Å². The fourth-order valence-electron chi connectivity index (χ4n) is 1.29. The van der Waals surface area contributed by atoms with Crippen LogP contribution in [0.2, 0.25) is 0 Å². The molecule has 1 aromatic rings. The Bertz CT molecular complexity index is 309. The number of carboxylic acids is 1. The average Bonchev–Trinajstić information content (AvgIpc) is 2.53. The SMILES string of the molecule is CCN(CCC(=O)O)c1nccn1C. The molecule has 0 radical (unpaired) electrons. The van der Waals surface area contributed by atoms with Gasteiger partial charge in [0.2, 0.25) is 5.95 Å². The normalized spacial score (nSPS) is 10.1. The van der Waals surface area contributed by atoms with Gasteiger partial charge in [-0.25, -0.2) is 4.98 Å². The number of carboxylic acid groups (broad SMARTS) is 1. The maximum Gasteiger partial charge on any atom is 0.305 e. The van der Waals surface area contributed by atoms with Gasteiger partial charge in [0.15, 0.2) is 0 Å². The number of hydrogen-bond donors (Lipinski definition) is 1. The van der Waals surface area contributed by atoms with E-state index >= 15 is 0 Å². The molecule has 1 rings (SSSR count). The van der Waals surface area contributed by atoms with Gasteiger partial charge in [-0.2, -0.15) is 0 Å². The van der Waals surface area contributed by atoms with E-state index < -0.39 is 5.97 Å². The minimum atomic E-state index is -0.780. The molecule has 0 spiro atoms. The fourth-order valence-corrected chi connectivity index (χ4v) is 1.29. The summed E-state index contributed by atoms with van der Waals surface area (Å²) in [6.07, 6.45) is 3.69. The lowest BCUT2D eigenvalue weighted by molar-refractivity contribution is -0.136. The summed E-state index contributed by atoms with van der Waals surface area (Å²) in [5.41, 5.74) is 0. The van der Waals surface area contributed by atoms with Gasteiger partial charge >= 0.3 is 5.97 Å². The number of anilines is 1. The molecule has 0 aliphatic rings. The smallest absolute Gasteiger partial charge is 0.305 e. The molecule has 78 valence electrons. The van der Waals surface area contributed by atoms with Crippen LogP contribution in [0, 0.1) is 0 Å². The third kappa shape index (κ3) is 2.48. The van der Waals surface area contributed by atoms with Gasteiger partial charge in [-0.05, 0) is 6.92 Å². The van der Waals surface area contributed by atoms with E-state index in [0.29, 0.717) is 6.54 Å². The zero-order valence-corrected chi connectivity index (χ0v) is 8.47. The van der Waals surface area contributed by atoms with Crippen molar-refractivity contribution in [3.05, 3.63) is 12.4 Å². The summed E-state index contributed by atoms with van der Waals surface area (Å²) in [4.78, 5) is 16.5. The van der Waals surface area contributed by atoms with Crippen LogP contribution in [0.15, 0.2) is 12.4 Å². The third-order valence-corrected chi connectivity index (χ3v) is 2.06. The van der Waals surface area contributed by atoms with Gasteiger partial charge in [0.05, 0.1) is 6.42 Å². The molecule has 5 nitrogen and oxygen atoms in total. The first-order chi connectivity index (χ1) is 6.65. The van der Waals surface area contributed by atoms with E-state index in [1.54, 1.807) is 6.20 Å². The second-order valence-corrected chi connectivity index (χ2v) is 3.06. The summed E-state index contributed by atoms with van der Waals surface area (Å²) in [5.74, 6) is 0.0337. The maximum absolute atomic E-state index is 10.4. The maximum atomic E-state index is 10.4. The predicted octanol–water partition coefficient (Wildman–Crippen LogP) is 0.721. The summed E-state index contributed by atoms with van der Waals surface area (Å²) in [6.45, 7) is 3.24. The van der Waals surface area contributed by atoms with E-state index in [1.807, 2.05) is 29.6 Å². The number of nitrogens with zero attached hydrogens (tertiary/aromatic N) is 3. The van der Waals surface area contributed by atoms with Crippen LogP contribution in [0.4, 0.5) is 5.95 Å². The zero-order valence-electron chi connectivity index (χ0n) is 8.47. The average molecular weight is 197 g/mol. The predicted molar refractivity (Wildman–Crippen MR) is 53.3 cm³/mol. The van der Waals surface area contributed by atoms with Crippen LogP contribution in [0.25, 0.3) is 0 Å². The van der Waals surface area contributed by atoms with Crippen molar-refractivity contribution < 1.29 is 9.90 Å². The molecule has 5 heteroatoms. The Balaban J connectivity index is 2.63. The van der Waals surface area contributed by atoms with Gasteiger partial charge in [-0.15, -0.1) is 0 Å². The topological polar surface area (TPSA) is 58.4 Å². The molecule has 1 N–H and O–H groups in total. The third-order valence-electron chi connectivity index (χ3n) is 2.06. The monoisotopic (exact) mass is 197 g/mol. The molecular formula is C9H15N3O2. The van der Waals surface area contributed by atoms with Gasteiger partial charge in [-0.1, -0.05) is 0 Å². The van der Waals surface area contributed by atoms with Crippen molar-refractivity contribution in [1.82, 2.24) is 9.55 Å². The zero-order chi connectivity index (χ0) is 10.6. The Morgan fingerprint density at radius 2 is 2.43 bits per heavy atom. The lowest BCUT2D eigenvalue weighted by Crippen LogP contribution is -2.28. The number of aryl methyl sites for hydroxylation is 1. The van der Waals surface area contributed by atoms with Crippen molar-refractivity contribution >= 4 is 11.9 Å². The lowest BCUT2D eigenvalue weighted by atomic mass is 10.4. The molecule has 0 amide bonds. The summed E-state index contributed by atoms with van der Waals surface area (Å²) >= 11 is 0. The number of carbonyl (C=O) groups is 1. The summed E-state index contributed by atoms with van der Waals surface area (Å²) in [6, 6.07) is 0. The Labute approximate surface area is 83.0 Å². The minimum Gasteiger partial charge on any atom is -0.481 e. The molecule has 14 heavy (non-hydrogen) atoms. The second-order valence-electron chi connectivity index (χ2n) is 3.06. The first kappa shape index (κ1) is 10.6. The number of hydrogen-bond acceptors (Lipinski definition) is 3. The molecule has 0 bridgehead atoms. The first-order valence-corrected chi connectivity index (χ1v) is 4.59. The van der Waals surface area contributed by atoms with Crippen molar-refractivity contribution in [2.24, 2.45) is 7.05 Å². The van der Waals surface area contributed by atoms with Gasteiger partial charge in [-0.3, -0.25) is 4.79 Å². The van der Waals surface area contributed by atoms with Gasteiger partial charge < -0.3 is 14.6 Å². The Morgan fingerprint density at radius 3 is 2.86 bits per heavy atom. The quantitative estimate of drug-likeness (QED) is 0.755. The van der Waals surface area contributed by atoms with Crippen molar-refractivity contribution in [3.63, 3.8) is 0 Å². The molecule has 1 heterocycles. The van der Waals surface area contributed by atoms with Crippen molar-refractivity contribution in [2.45, 2.75) is 13.3 Å². The van der Waals surface area contributed by atoms with Crippen LogP contribution in [0.1, 0.15) is 13.3 Å². The summed E-state index contributed by atoms with van der Waals surface area (Å²) < 4.78 is 1.88. The van der Waals surface area contributed by atoms with Crippen LogP contribution >= 0.6 is 0 Å². The highest BCUT2D eigenvalue weighted by atomic mass is 16.4.